The highest BCUT2D eigenvalue weighted by Crippen LogP contribution is 2.38. The topological polar surface area (TPSA) is 70.7 Å². The summed E-state index contributed by atoms with van der Waals surface area (Å²) in [6.07, 6.45) is 4.19. The van der Waals surface area contributed by atoms with Crippen LogP contribution in [0.25, 0.3) is 0 Å². The Bertz CT molecular complexity index is 774. The molecule has 7 heteroatoms. The van der Waals surface area contributed by atoms with Crippen LogP contribution < -0.4 is 15.4 Å². The average molecular weight is 434 g/mol. The van der Waals surface area contributed by atoms with Crippen LogP contribution in [0.2, 0.25) is 0 Å². The largest absolute Gasteiger partial charge is 0.478 e. The van der Waals surface area contributed by atoms with E-state index in [0.29, 0.717) is 36.8 Å². The molecule has 0 unspecified atom stereocenters. The Balaban J connectivity index is 1.48. The molecule has 0 radical (unpaired) electrons. The van der Waals surface area contributed by atoms with E-state index in [2.05, 4.69) is 15.5 Å². The molecule has 0 aliphatic carbocycles. The zero-order valence-corrected chi connectivity index (χ0v) is 19.3. The number of hydrogen-bond acceptors (Lipinski definition) is 4. The summed E-state index contributed by atoms with van der Waals surface area (Å²) in [4.78, 5) is 27.5. The fourth-order valence-corrected chi connectivity index (χ4v) is 4.73. The number of hydrogen-bond donors (Lipinski definition) is 2. The highest BCUT2D eigenvalue weighted by atomic mass is 19.1. The first-order valence-corrected chi connectivity index (χ1v) is 11.2. The van der Waals surface area contributed by atoms with E-state index in [1.165, 1.54) is 24.3 Å². The molecule has 0 saturated carbocycles. The molecule has 2 fully saturated rings. The van der Waals surface area contributed by atoms with Crippen molar-refractivity contribution in [1.29, 1.82) is 0 Å². The lowest BCUT2D eigenvalue weighted by atomic mass is 9.90. The molecule has 3 atom stereocenters. The second-order valence-electron chi connectivity index (χ2n) is 10.5. The highest BCUT2D eigenvalue weighted by molar-refractivity contribution is 5.84. The molecule has 6 nitrogen and oxygen atoms in total. The molecule has 2 heterocycles. The first-order valence-electron chi connectivity index (χ1n) is 11.2. The number of amides is 2. The van der Waals surface area contributed by atoms with Crippen molar-refractivity contribution < 1.29 is 18.7 Å². The predicted octanol–water partition coefficient (Wildman–Crippen LogP) is 3.26. The van der Waals surface area contributed by atoms with Crippen molar-refractivity contribution in [3.63, 3.8) is 0 Å². The molecule has 0 aromatic heterocycles. The third-order valence-corrected chi connectivity index (χ3v) is 6.11. The first-order chi connectivity index (χ1) is 14.4. The second kappa shape index (κ2) is 9.15. The molecule has 172 valence electrons. The fourth-order valence-electron chi connectivity index (χ4n) is 4.73. The third kappa shape index (κ3) is 6.42. The summed E-state index contributed by atoms with van der Waals surface area (Å²) < 4.78 is 18.9. The van der Waals surface area contributed by atoms with E-state index in [0.717, 1.165) is 25.7 Å². The van der Waals surface area contributed by atoms with Gasteiger partial charge in [0.1, 0.15) is 11.6 Å². The minimum Gasteiger partial charge on any atom is -0.478 e. The smallest absolute Gasteiger partial charge is 0.263 e. The summed E-state index contributed by atoms with van der Waals surface area (Å²) in [6, 6.07) is 6.47. The minimum absolute atomic E-state index is 0.0795. The summed E-state index contributed by atoms with van der Waals surface area (Å²) in [5.74, 6) is 0.407. The molecule has 1 aromatic rings. The Morgan fingerprint density at radius 1 is 1.06 bits per heavy atom. The van der Waals surface area contributed by atoms with E-state index < -0.39 is 5.60 Å². The summed E-state index contributed by atoms with van der Waals surface area (Å²) in [5, 5.41) is 6.10. The van der Waals surface area contributed by atoms with Crippen LogP contribution >= 0.6 is 0 Å². The molecule has 2 bridgehead atoms. The van der Waals surface area contributed by atoms with Gasteiger partial charge in [-0.15, -0.1) is 0 Å². The molecule has 2 aliphatic rings. The van der Waals surface area contributed by atoms with E-state index in [1.807, 2.05) is 20.8 Å². The zero-order valence-electron chi connectivity index (χ0n) is 19.3. The number of rotatable bonds is 7. The molecule has 0 spiro atoms. The summed E-state index contributed by atoms with van der Waals surface area (Å²) in [7, 11) is 0. The van der Waals surface area contributed by atoms with Gasteiger partial charge in [0.05, 0.1) is 6.54 Å². The van der Waals surface area contributed by atoms with Gasteiger partial charge in [0.25, 0.3) is 5.91 Å². The lowest BCUT2D eigenvalue weighted by molar-refractivity contribution is -0.134. The van der Waals surface area contributed by atoms with Gasteiger partial charge < -0.3 is 15.4 Å². The molecule has 1 aromatic carbocycles. The monoisotopic (exact) mass is 433 g/mol. The van der Waals surface area contributed by atoms with Crippen molar-refractivity contribution in [2.45, 2.75) is 83.5 Å². The quantitative estimate of drug-likeness (QED) is 0.693. The maximum Gasteiger partial charge on any atom is 0.263 e. The summed E-state index contributed by atoms with van der Waals surface area (Å²) in [6.45, 7) is 10.5. The van der Waals surface area contributed by atoms with E-state index in [1.54, 1.807) is 13.8 Å². The Kier molecular flexibility index (Phi) is 6.94. The Morgan fingerprint density at radius 2 is 1.65 bits per heavy atom. The number of benzene rings is 1. The number of ether oxygens (including phenoxy) is 1. The number of piperidine rings is 1. The SMILES string of the molecule is CC(C)(C)NC(=O)CN1[C@@H]2CC[C@H]1C[C@H](CNC(=O)C(C)(C)Oc1ccc(F)cc1)C2. The minimum atomic E-state index is -1.05. The number of halogens is 1. The Hall–Kier alpha value is -2.15. The first kappa shape index (κ1) is 23.5. The number of nitrogens with one attached hydrogen (secondary N) is 2. The molecule has 2 amide bonds. The van der Waals surface area contributed by atoms with Gasteiger partial charge in [-0.05, 0) is 90.5 Å². The molecule has 2 N–H and O–H groups in total. The third-order valence-electron chi connectivity index (χ3n) is 6.11. The Morgan fingerprint density at radius 3 is 2.19 bits per heavy atom. The number of carbonyl (C=O) groups excluding carboxylic acids is 2. The lowest BCUT2D eigenvalue weighted by Crippen LogP contribution is -2.53. The van der Waals surface area contributed by atoms with E-state index >= 15 is 0 Å². The van der Waals surface area contributed by atoms with Crippen molar-refractivity contribution in [3.8, 4) is 5.75 Å². The van der Waals surface area contributed by atoms with Crippen molar-refractivity contribution in [2.75, 3.05) is 13.1 Å². The van der Waals surface area contributed by atoms with Crippen LogP contribution in [-0.2, 0) is 9.59 Å². The van der Waals surface area contributed by atoms with Gasteiger partial charge in [0.2, 0.25) is 5.91 Å². The van der Waals surface area contributed by atoms with Gasteiger partial charge in [-0.25, -0.2) is 4.39 Å². The van der Waals surface area contributed by atoms with Crippen LogP contribution in [0, 0.1) is 11.7 Å². The molecule has 31 heavy (non-hydrogen) atoms. The summed E-state index contributed by atoms with van der Waals surface area (Å²) in [5.41, 5.74) is -1.27. The average Bonchev–Trinajstić information content (AvgIpc) is 2.88. The van der Waals surface area contributed by atoms with Crippen molar-refractivity contribution in [3.05, 3.63) is 30.1 Å². The highest BCUT2D eigenvalue weighted by Gasteiger charge is 2.42. The van der Waals surface area contributed by atoms with Crippen LogP contribution in [-0.4, -0.2) is 53.0 Å². The lowest BCUT2D eigenvalue weighted by Gasteiger charge is -2.39. The van der Waals surface area contributed by atoms with Gasteiger partial charge in [-0.1, -0.05) is 0 Å². The second-order valence-corrected chi connectivity index (χ2v) is 10.5. The normalized spacial score (nSPS) is 24.0. The van der Waals surface area contributed by atoms with Crippen molar-refractivity contribution in [2.24, 2.45) is 5.92 Å². The van der Waals surface area contributed by atoms with Crippen LogP contribution in [0.5, 0.6) is 5.75 Å². The van der Waals surface area contributed by atoms with Gasteiger partial charge in [-0.2, -0.15) is 0 Å². The zero-order chi connectivity index (χ0) is 22.8. The van der Waals surface area contributed by atoms with Crippen LogP contribution in [0.4, 0.5) is 4.39 Å². The van der Waals surface area contributed by atoms with Crippen LogP contribution in [0.1, 0.15) is 60.3 Å². The molecule has 2 saturated heterocycles. The molecule has 3 rings (SSSR count). The van der Waals surface area contributed by atoms with Crippen LogP contribution in [0.15, 0.2) is 24.3 Å². The number of nitrogens with zero attached hydrogens (tertiary/aromatic N) is 1. The number of fused-ring (bicyclic) bond motifs is 2. The van der Waals surface area contributed by atoms with Crippen molar-refractivity contribution in [1.82, 2.24) is 15.5 Å². The van der Waals surface area contributed by atoms with Crippen molar-refractivity contribution >= 4 is 11.8 Å². The predicted molar refractivity (Wildman–Crippen MR) is 118 cm³/mol. The van der Waals surface area contributed by atoms with Gasteiger partial charge in [0.15, 0.2) is 5.60 Å². The fraction of sp³-hybridized carbons (Fsp3) is 0.667. The number of carbonyl (C=O) groups is 2. The van der Waals surface area contributed by atoms with Gasteiger partial charge in [0, 0.05) is 24.2 Å². The molecular formula is C24H36FN3O3. The van der Waals surface area contributed by atoms with Gasteiger partial charge in [-0.3, -0.25) is 14.5 Å². The summed E-state index contributed by atoms with van der Waals surface area (Å²) >= 11 is 0. The molecular weight excluding hydrogens is 397 g/mol. The van der Waals surface area contributed by atoms with Gasteiger partial charge >= 0.3 is 0 Å². The maximum absolute atomic E-state index is 13.1. The standard InChI is InChI=1S/C24H36FN3O3/c1-23(2,3)27-21(29)15-28-18-8-9-19(28)13-16(12-18)14-26-22(30)24(4,5)31-20-10-6-17(25)7-11-20/h6-7,10-11,16,18-19H,8-9,12-15H2,1-5H3,(H,26,30)(H,27,29)/t16-,18-,19+. The van der Waals surface area contributed by atoms with Crippen LogP contribution in [0.3, 0.4) is 0 Å². The van der Waals surface area contributed by atoms with E-state index in [4.69, 9.17) is 4.74 Å². The maximum atomic E-state index is 13.1. The van der Waals surface area contributed by atoms with E-state index in [9.17, 15) is 14.0 Å². The Labute approximate surface area is 184 Å². The molecule has 2 aliphatic heterocycles. The van der Waals surface area contributed by atoms with E-state index in [-0.39, 0.29) is 23.2 Å².